The van der Waals surface area contributed by atoms with Crippen LogP contribution < -0.4 is 5.32 Å². The van der Waals surface area contributed by atoms with Gasteiger partial charge in [0.1, 0.15) is 0 Å². The van der Waals surface area contributed by atoms with E-state index in [0.717, 1.165) is 25.7 Å². The molecule has 3 heteroatoms. The maximum absolute atomic E-state index is 5.55. The van der Waals surface area contributed by atoms with Crippen molar-refractivity contribution in [1.29, 1.82) is 0 Å². The van der Waals surface area contributed by atoms with E-state index in [0.29, 0.717) is 17.6 Å². The average molecular weight is 268 g/mol. The third-order valence-corrected chi connectivity index (χ3v) is 5.49. The van der Waals surface area contributed by atoms with E-state index in [-0.39, 0.29) is 0 Å². The Morgan fingerprint density at radius 2 is 1.95 bits per heavy atom. The molecule has 0 aromatic heterocycles. The van der Waals surface area contributed by atoms with Crippen LogP contribution in [-0.2, 0) is 4.74 Å². The van der Waals surface area contributed by atoms with E-state index in [9.17, 15) is 0 Å². The van der Waals surface area contributed by atoms with E-state index in [1.165, 1.54) is 32.2 Å². The predicted molar refractivity (Wildman–Crippen MR) is 80.5 cm³/mol. The second-order valence-corrected chi connectivity index (χ2v) is 6.75. The fourth-order valence-electron chi connectivity index (χ4n) is 3.84. The Labute approximate surface area is 119 Å². The Kier molecular flexibility index (Phi) is 5.27. The van der Waals surface area contributed by atoms with Crippen LogP contribution in [0.2, 0.25) is 0 Å². The third kappa shape index (κ3) is 3.32. The highest BCUT2D eigenvalue weighted by Gasteiger charge is 2.42. The summed E-state index contributed by atoms with van der Waals surface area (Å²) in [5.74, 6) is 0.736. The van der Waals surface area contributed by atoms with E-state index in [1.807, 2.05) is 0 Å². The second kappa shape index (κ2) is 6.55. The van der Waals surface area contributed by atoms with Crippen molar-refractivity contribution in [2.75, 3.05) is 26.3 Å². The van der Waals surface area contributed by atoms with Crippen LogP contribution >= 0.6 is 0 Å². The summed E-state index contributed by atoms with van der Waals surface area (Å²) in [7, 11) is 0. The van der Waals surface area contributed by atoms with Gasteiger partial charge in [-0.25, -0.2) is 0 Å². The predicted octanol–water partition coefficient (Wildman–Crippen LogP) is 2.65. The van der Waals surface area contributed by atoms with Crippen molar-refractivity contribution in [1.82, 2.24) is 10.2 Å². The molecule has 2 fully saturated rings. The Morgan fingerprint density at radius 3 is 2.58 bits per heavy atom. The van der Waals surface area contributed by atoms with Gasteiger partial charge in [0.05, 0.1) is 0 Å². The van der Waals surface area contributed by atoms with E-state index in [2.05, 4.69) is 37.9 Å². The second-order valence-electron chi connectivity index (χ2n) is 6.75. The number of piperidine rings is 1. The van der Waals surface area contributed by atoms with Crippen molar-refractivity contribution in [2.45, 2.75) is 71.0 Å². The zero-order valence-corrected chi connectivity index (χ0v) is 13.2. The standard InChI is InChI=1S/C16H32N2O/c1-5-9-17-15-6-10-18(14(3)13(15)2)16(4)7-11-19-12-8-16/h13-15,17H,5-12H2,1-4H3. The molecule has 2 heterocycles. The molecule has 112 valence electrons. The molecule has 0 spiro atoms. The van der Waals surface area contributed by atoms with Crippen molar-refractivity contribution in [3.05, 3.63) is 0 Å². The largest absolute Gasteiger partial charge is 0.381 e. The fraction of sp³-hybridized carbons (Fsp3) is 1.00. The average Bonchev–Trinajstić information content (AvgIpc) is 2.41. The first kappa shape index (κ1) is 15.3. The van der Waals surface area contributed by atoms with Crippen LogP contribution in [0.1, 0.15) is 53.4 Å². The highest BCUT2D eigenvalue weighted by molar-refractivity contribution is 4.97. The smallest absolute Gasteiger partial charge is 0.0483 e. The molecule has 2 aliphatic rings. The lowest BCUT2D eigenvalue weighted by molar-refractivity contribution is -0.0644. The van der Waals surface area contributed by atoms with Crippen LogP contribution in [0.25, 0.3) is 0 Å². The number of rotatable bonds is 4. The first-order valence-corrected chi connectivity index (χ1v) is 8.16. The van der Waals surface area contributed by atoms with Crippen LogP contribution in [0.5, 0.6) is 0 Å². The minimum atomic E-state index is 0.363. The first-order chi connectivity index (χ1) is 9.08. The number of ether oxygens (including phenoxy) is 1. The summed E-state index contributed by atoms with van der Waals surface area (Å²) < 4.78 is 5.55. The summed E-state index contributed by atoms with van der Waals surface area (Å²) in [6, 6.07) is 1.38. The van der Waals surface area contributed by atoms with Crippen LogP contribution in [-0.4, -0.2) is 48.8 Å². The number of likely N-dealkylation sites (tertiary alicyclic amines) is 1. The molecular formula is C16H32N2O. The Bertz CT molecular complexity index is 276. The molecule has 1 N–H and O–H groups in total. The van der Waals surface area contributed by atoms with E-state index < -0.39 is 0 Å². The van der Waals surface area contributed by atoms with Gasteiger partial charge in [0, 0.05) is 37.4 Å². The summed E-state index contributed by atoms with van der Waals surface area (Å²) in [6.45, 7) is 13.8. The van der Waals surface area contributed by atoms with Gasteiger partial charge >= 0.3 is 0 Å². The maximum Gasteiger partial charge on any atom is 0.0483 e. The van der Waals surface area contributed by atoms with Gasteiger partial charge in [-0.15, -0.1) is 0 Å². The molecule has 0 aliphatic carbocycles. The maximum atomic E-state index is 5.55. The molecule has 3 nitrogen and oxygen atoms in total. The van der Waals surface area contributed by atoms with Gasteiger partial charge in [-0.3, -0.25) is 4.90 Å². The molecule has 2 saturated heterocycles. The van der Waals surface area contributed by atoms with E-state index >= 15 is 0 Å². The van der Waals surface area contributed by atoms with Gasteiger partial charge in [0.25, 0.3) is 0 Å². The lowest BCUT2D eigenvalue weighted by atomic mass is 9.80. The minimum Gasteiger partial charge on any atom is -0.381 e. The lowest BCUT2D eigenvalue weighted by Gasteiger charge is -2.53. The molecule has 3 unspecified atom stereocenters. The zero-order valence-electron chi connectivity index (χ0n) is 13.2. The van der Waals surface area contributed by atoms with Crippen LogP contribution in [0, 0.1) is 5.92 Å². The van der Waals surface area contributed by atoms with Gasteiger partial charge < -0.3 is 10.1 Å². The highest BCUT2D eigenvalue weighted by Crippen LogP contribution is 2.35. The molecular weight excluding hydrogens is 236 g/mol. The molecule has 0 aromatic rings. The highest BCUT2D eigenvalue weighted by atomic mass is 16.5. The number of hydrogen-bond donors (Lipinski definition) is 1. The summed E-state index contributed by atoms with van der Waals surface area (Å²) in [6.07, 6.45) is 4.91. The first-order valence-electron chi connectivity index (χ1n) is 8.16. The molecule has 0 aromatic carbocycles. The summed E-state index contributed by atoms with van der Waals surface area (Å²) in [5.41, 5.74) is 0.363. The zero-order chi connectivity index (χ0) is 13.9. The van der Waals surface area contributed by atoms with Crippen LogP contribution in [0.3, 0.4) is 0 Å². The van der Waals surface area contributed by atoms with Gasteiger partial charge in [0.2, 0.25) is 0 Å². The fourth-order valence-corrected chi connectivity index (χ4v) is 3.84. The Morgan fingerprint density at radius 1 is 1.26 bits per heavy atom. The molecule has 2 aliphatic heterocycles. The molecule has 2 rings (SSSR count). The van der Waals surface area contributed by atoms with Crippen molar-refractivity contribution < 1.29 is 4.74 Å². The number of hydrogen-bond acceptors (Lipinski definition) is 3. The van der Waals surface area contributed by atoms with Crippen LogP contribution in [0.4, 0.5) is 0 Å². The quantitative estimate of drug-likeness (QED) is 0.848. The molecule has 0 amide bonds. The summed E-state index contributed by atoms with van der Waals surface area (Å²) in [5, 5.41) is 3.74. The summed E-state index contributed by atoms with van der Waals surface area (Å²) in [4.78, 5) is 2.77. The van der Waals surface area contributed by atoms with Gasteiger partial charge in [0.15, 0.2) is 0 Å². The normalized spacial score (nSPS) is 36.3. The van der Waals surface area contributed by atoms with Gasteiger partial charge in [-0.2, -0.15) is 0 Å². The van der Waals surface area contributed by atoms with Crippen molar-refractivity contribution in [2.24, 2.45) is 5.92 Å². The van der Waals surface area contributed by atoms with Crippen LogP contribution in [0.15, 0.2) is 0 Å². The molecule has 0 radical (unpaired) electrons. The minimum absolute atomic E-state index is 0.363. The number of nitrogens with zero attached hydrogens (tertiary/aromatic N) is 1. The van der Waals surface area contributed by atoms with Gasteiger partial charge in [-0.1, -0.05) is 13.8 Å². The molecule has 0 bridgehead atoms. The van der Waals surface area contributed by atoms with Crippen molar-refractivity contribution >= 4 is 0 Å². The number of nitrogens with one attached hydrogen (secondary N) is 1. The molecule has 19 heavy (non-hydrogen) atoms. The Hall–Kier alpha value is -0.120. The third-order valence-electron chi connectivity index (χ3n) is 5.49. The topological polar surface area (TPSA) is 24.5 Å². The lowest BCUT2D eigenvalue weighted by Crippen LogP contribution is -2.61. The van der Waals surface area contributed by atoms with Crippen molar-refractivity contribution in [3.8, 4) is 0 Å². The van der Waals surface area contributed by atoms with Gasteiger partial charge in [-0.05, 0) is 52.0 Å². The molecule has 3 atom stereocenters. The monoisotopic (exact) mass is 268 g/mol. The Balaban J connectivity index is 1.97. The van der Waals surface area contributed by atoms with Crippen molar-refractivity contribution in [3.63, 3.8) is 0 Å². The SMILES string of the molecule is CCCNC1CCN(C2(C)CCOCC2)C(C)C1C. The van der Waals surface area contributed by atoms with E-state index in [4.69, 9.17) is 4.74 Å². The summed E-state index contributed by atoms with van der Waals surface area (Å²) >= 11 is 0. The molecule has 0 saturated carbocycles. The van der Waals surface area contributed by atoms with E-state index in [1.54, 1.807) is 0 Å².